The van der Waals surface area contributed by atoms with Crippen molar-refractivity contribution in [3.63, 3.8) is 0 Å². The normalized spacial score (nSPS) is 26.5. The van der Waals surface area contributed by atoms with Crippen molar-refractivity contribution in [1.29, 1.82) is 5.26 Å². The number of hydrogen-bond donors (Lipinski definition) is 0. The summed E-state index contributed by atoms with van der Waals surface area (Å²) in [6.45, 7) is 3.11. The molecule has 1 aliphatic heterocycles. The summed E-state index contributed by atoms with van der Waals surface area (Å²) in [6, 6.07) is 2.17. The van der Waals surface area contributed by atoms with Crippen LogP contribution in [0.25, 0.3) is 0 Å². The molecule has 2 rings (SSSR count). The summed E-state index contributed by atoms with van der Waals surface area (Å²) < 4.78 is 0. The summed E-state index contributed by atoms with van der Waals surface area (Å²) in [7, 11) is 3.97. The van der Waals surface area contributed by atoms with Gasteiger partial charge in [0.05, 0.1) is 6.07 Å². The maximum atomic E-state index is 12.0. The summed E-state index contributed by atoms with van der Waals surface area (Å²) >= 11 is 0. The number of hydrogen-bond acceptors (Lipinski definition) is 3. The Balaban J connectivity index is 1.76. The molecule has 1 aliphatic carbocycles. The third-order valence-electron chi connectivity index (χ3n) is 4.08. The van der Waals surface area contributed by atoms with Crippen LogP contribution in [0.4, 0.5) is 0 Å². The van der Waals surface area contributed by atoms with Crippen molar-refractivity contribution in [1.82, 2.24) is 9.80 Å². The van der Waals surface area contributed by atoms with E-state index < -0.39 is 5.41 Å². The molecule has 0 bridgehead atoms. The maximum Gasteiger partial charge on any atom is 0.242 e. The second-order valence-corrected chi connectivity index (χ2v) is 5.63. The summed E-state index contributed by atoms with van der Waals surface area (Å²) in [5.74, 6) is 0.749. The van der Waals surface area contributed by atoms with Gasteiger partial charge in [0.15, 0.2) is 0 Å². The van der Waals surface area contributed by atoms with E-state index in [-0.39, 0.29) is 5.91 Å². The number of nitriles is 1. The third kappa shape index (κ3) is 2.61. The van der Waals surface area contributed by atoms with Gasteiger partial charge in [-0.2, -0.15) is 5.26 Å². The first-order valence-electron chi connectivity index (χ1n) is 6.43. The van der Waals surface area contributed by atoms with Crippen molar-refractivity contribution in [2.24, 2.45) is 11.3 Å². The largest absolute Gasteiger partial charge is 0.344 e. The van der Waals surface area contributed by atoms with Gasteiger partial charge in [0, 0.05) is 20.1 Å². The highest BCUT2D eigenvalue weighted by Gasteiger charge is 2.51. The molecule has 0 aromatic rings. The van der Waals surface area contributed by atoms with E-state index in [4.69, 9.17) is 5.26 Å². The Morgan fingerprint density at radius 2 is 2.29 bits per heavy atom. The third-order valence-corrected chi connectivity index (χ3v) is 4.08. The molecule has 0 aromatic carbocycles. The molecular formula is C13H21N3O. The molecule has 2 aliphatic rings. The molecule has 0 radical (unpaired) electrons. The fourth-order valence-electron chi connectivity index (χ4n) is 2.60. The van der Waals surface area contributed by atoms with Gasteiger partial charge in [-0.3, -0.25) is 4.79 Å². The molecule has 2 fully saturated rings. The number of nitrogens with zero attached hydrogens (tertiary/aromatic N) is 3. The smallest absolute Gasteiger partial charge is 0.242 e. The molecule has 4 nitrogen and oxygen atoms in total. The van der Waals surface area contributed by atoms with Crippen LogP contribution < -0.4 is 0 Å². The SMILES string of the molecule is CN1CCC(CCN(C)C(=O)C2(C#N)CC2)C1. The quantitative estimate of drug-likeness (QED) is 0.733. The van der Waals surface area contributed by atoms with Crippen LogP contribution in [0.3, 0.4) is 0 Å². The molecule has 0 aromatic heterocycles. The topological polar surface area (TPSA) is 47.3 Å². The van der Waals surface area contributed by atoms with Crippen LogP contribution in [0, 0.1) is 22.7 Å². The van der Waals surface area contributed by atoms with E-state index in [9.17, 15) is 4.79 Å². The van der Waals surface area contributed by atoms with Crippen LogP contribution in [-0.4, -0.2) is 49.4 Å². The molecule has 1 heterocycles. The fraction of sp³-hybridized carbons (Fsp3) is 0.846. The second kappa shape index (κ2) is 4.66. The first-order chi connectivity index (χ1) is 8.07. The molecular weight excluding hydrogens is 214 g/mol. The van der Waals surface area contributed by atoms with Gasteiger partial charge >= 0.3 is 0 Å². The zero-order valence-electron chi connectivity index (χ0n) is 10.8. The fourth-order valence-corrected chi connectivity index (χ4v) is 2.60. The first kappa shape index (κ1) is 12.4. The van der Waals surface area contributed by atoms with Crippen LogP contribution in [0.15, 0.2) is 0 Å². The van der Waals surface area contributed by atoms with Gasteiger partial charge < -0.3 is 9.80 Å². The van der Waals surface area contributed by atoms with E-state index in [2.05, 4.69) is 18.0 Å². The Bertz CT molecular complexity index is 343. The summed E-state index contributed by atoms with van der Waals surface area (Å²) in [5, 5.41) is 8.99. The Morgan fingerprint density at radius 1 is 1.59 bits per heavy atom. The standard InChI is InChI=1S/C13H21N3O/c1-15-7-3-11(9-15)4-8-16(2)12(17)13(10-14)5-6-13/h11H,3-9H2,1-2H3. The average molecular weight is 235 g/mol. The van der Waals surface area contributed by atoms with E-state index in [0.717, 1.165) is 32.4 Å². The number of rotatable bonds is 4. The van der Waals surface area contributed by atoms with Crippen LogP contribution in [0.2, 0.25) is 0 Å². The van der Waals surface area contributed by atoms with E-state index >= 15 is 0 Å². The highest BCUT2D eigenvalue weighted by Crippen LogP contribution is 2.46. The minimum Gasteiger partial charge on any atom is -0.344 e. The van der Waals surface area contributed by atoms with Crippen LogP contribution >= 0.6 is 0 Å². The predicted octanol–water partition coefficient (Wildman–Crippen LogP) is 1.09. The summed E-state index contributed by atoms with van der Waals surface area (Å²) in [6.07, 6.45) is 3.80. The molecule has 1 saturated heterocycles. The van der Waals surface area contributed by atoms with Crippen molar-refractivity contribution >= 4 is 5.91 Å². The molecule has 17 heavy (non-hydrogen) atoms. The average Bonchev–Trinajstić information content (AvgIpc) is 3.03. The van der Waals surface area contributed by atoms with Crippen molar-refractivity contribution in [3.05, 3.63) is 0 Å². The lowest BCUT2D eigenvalue weighted by atomic mass is 10.0. The van der Waals surface area contributed by atoms with Gasteiger partial charge in [0.1, 0.15) is 5.41 Å². The Morgan fingerprint density at radius 3 is 2.76 bits per heavy atom. The number of likely N-dealkylation sites (tertiary alicyclic amines) is 1. The van der Waals surface area contributed by atoms with E-state index in [1.807, 2.05) is 7.05 Å². The number of carbonyl (C=O) groups is 1. The van der Waals surface area contributed by atoms with Crippen molar-refractivity contribution in [3.8, 4) is 6.07 Å². The lowest BCUT2D eigenvalue weighted by molar-refractivity contribution is -0.133. The lowest BCUT2D eigenvalue weighted by Gasteiger charge is -2.21. The second-order valence-electron chi connectivity index (χ2n) is 5.63. The minimum atomic E-state index is -0.652. The van der Waals surface area contributed by atoms with Gasteiger partial charge in [-0.25, -0.2) is 0 Å². The molecule has 1 unspecified atom stereocenters. The summed E-state index contributed by atoms with van der Waals surface area (Å²) in [4.78, 5) is 16.1. The zero-order valence-corrected chi connectivity index (χ0v) is 10.8. The number of amides is 1. The van der Waals surface area contributed by atoms with Crippen molar-refractivity contribution in [2.45, 2.75) is 25.7 Å². The van der Waals surface area contributed by atoms with E-state index in [1.165, 1.54) is 13.0 Å². The Labute approximate surface area is 103 Å². The Hall–Kier alpha value is -1.08. The van der Waals surface area contributed by atoms with Gasteiger partial charge in [-0.05, 0) is 45.2 Å². The molecule has 1 atom stereocenters. The van der Waals surface area contributed by atoms with Crippen LogP contribution in [-0.2, 0) is 4.79 Å². The van der Waals surface area contributed by atoms with Crippen molar-refractivity contribution < 1.29 is 4.79 Å². The minimum absolute atomic E-state index is 0.0337. The number of carbonyl (C=O) groups excluding carboxylic acids is 1. The first-order valence-corrected chi connectivity index (χ1v) is 6.43. The molecule has 0 N–H and O–H groups in total. The van der Waals surface area contributed by atoms with Gasteiger partial charge in [-0.15, -0.1) is 0 Å². The monoisotopic (exact) mass is 235 g/mol. The zero-order chi connectivity index (χ0) is 12.5. The van der Waals surface area contributed by atoms with Crippen molar-refractivity contribution in [2.75, 3.05) is 33.7 Å². The molecule has 4 heteroatoms. The summed E-state index contributed by atoms with van der Waals surface area (Å²) in [5.41, 5.74) is -0.652. The van der Waals surface area contributed by atoms with Gasteiger partial charge in [0.25, 0.3) is 0 Å². The van der Waals surface area contributed by atoms with Gasteiger partial charge in [-0.1, -0.05) is 0 Å². The molecule has 0 spiro atoms. The molecule has 1 saturated carbocycles. The highest BCUT2D eigenvalue weighted by atomic mass is 16.2. The van der Waals surface area contributed by atoms with Gasteiger partial charge in [0.2, 0.25) is 5.91 Å². The van der Waals surface area contributed by atoms with E-state index in [0.29, 0.717) is 5.92 Å². The predicted molar refractivity (Wildman–Crippen MR) is 65.1 cm³/mol. The lowest BCUT2D eigenvalue weighted by Crippen LogP contribution is -2.35. The van der Waals surface area contributed by atoms with Crippen LogP contribution in [0.1, 0.15) is 25.7 Å². The Kier molecular flexibility index (Phi) is 3.39. The molecule has 1 amide bonds. The highest BCUT2D eigenvalue weighted by molar-refractivity contribution is 5.88. The van der Waals surface area contributed by atoms with E-state index in [1.54, 1.807) is 4.90 Å². The maximum absolute atomic E-state index is 12.0. The molecule has 94 valence electrons. The van der Waals surface area contributed by atoms with Crippen LogP contribution in [0.5, 0.6) is 0 Å².